The fourth-order valence-electron chi connectivity index (χ4n) is 0.384. The molecule has 0 rings (SSSR count). The van der Waals surface area contributed by atoms with Crippen molar-refractivity contribution in [1.29, 1.82) is 0 Å². The molecule has 0 atom stereocenters. The van der Waals surface area contributed by atoms with E-state index >= 15 is 0 Å². The Hall–Kier alpha value is -0.830. The van der Waals surface area contributed by atoms with Gasteiger partial charge in [0.2, 0.25) is 0 Å². The lowest BCUT2D eigenvalue weighted by Crippen LogP contribution is -2.29. The third-order valence-corrected chi connectivity index (χ3v) is 1.15. The highest BCUT2D eigenvalue weighted by atomic mass is 15.4. The zero-order valence-corrected chi connectivity index (χ0v) is 6.02. The summed E-state index contributed by atoms with van der Waals surface area (Å²) in [5, 5.41) is 0. The molecule has 0 unspecified atom stereocenters. The number of hydrazine groups is 1. The summed E-state index contributed by atoms with van der Waals surface area (Å²) < 4.78 is 1.83. The van der Waals surface area contributed by atoms with Gasteiger partial charge < -0.3 is 5.73 Å². The van der Waals surface area contributed by atoms with Gasteiger partial charge in [-0.05, 0) is 0 Å². The van der Waals surface area contributed by atoms with Crippen LogP contribution in [0.25, 0.3) is 0 Å². The highest BCUT2D eigenvalue weighted by Gasteiger charge is 1.97. The van der Waals surface area contributed by atoms with Crippen LogP contribution in [0.3, 0.4) is 0 Å². The molecule has 52 valence electrons. The van der Waals surface area contributed by atoms with E-state index in [0.29, 0.717) is 6.54 Å². The molecular formula is C6H14N3+. The predicted molar refractivity (Wildman–Crippen MR) is 39.3 cm³/mol. The van der Waals surface area contributed by atoms with E-state index in [1.54, 1.807) is 6.20 Å². The minimum absolute atomic E-state index is 0.567. The van der Waals surface area contributed by atoms with E-state index in [-0.39, 0.29) is 0 Å². The summed E-state index contributed by atoms with van der Waals surface area (Å²) in [4.78, 5) is 0. The van der Waals surface area contributed by atoms with Crippen LogP contribution in [-0.4, -0.2) is 24.0 Å². The summed E-state index contributed by atoms with van der Waals surface area (Å²) in [5.74, 6) is 0. The molecule has 3 nitrogen and oxygen atoms in total. The fraction of sp³-hybridized carbons (Fsp3) is 0.500. The van der Waals surface area contributed by atoms with Gasteiger partial charge in [0.25, 0.3) is 0 Å². The van der Waals surface area contributed by atoms with E-state index < -0.39 is 0 Å². The van der Waals surface area contributed by atoms with Gasteiger partial charge in [0, 0.05) is 6.92 Å². The van der Waals surface area contributed by atoms with Crippen molar-refractivity contribution >= 4 is 5.71 Å². The van der Waals surface area contributed by atoms with Crippen molar-refractivity contribution in [2.45, 2.75) is 6.92 Å². The van der Waals surface area contributed by atoms with Crippen LogP contribution in [0.4, 0.5) is 0 Å². The maximum atomic E-state index is 5.35. The third kappa shape index (κ3) is 2.87. The van der Waals surface area contributed by atoms with Crippen LogP contribution in [-0.2, 0) is 0 Å². The number of nitrogens with zero attached hydrogens (tertiary/aromatic N) is 1. The first kappa shape index (κ1) is 8.17. The van der Waals surface area contributed by atoms with E-state index in [2.05, 4.69) is 12.0 Å². The zero-order chi connectivity index (χ0) is 7.28. The SMILES string of the molecule is C=CN/[N+](C)=C(/C)CN. The number of nitrogens with two attached hydrogens (primary N) is 1. The minimum Gasteiger partial charge on any atom is -0.322 e. The number of hydrazone groups is 1. The topological polar surface area (TPSA) is 41.1 Å². The summed E-state index contributed by atoms with van der Waals surface area (Å²) >= 11 is 0. The molecule has 0 amide bonds. The quantitative estimate of drug-likeness (QED) is 0.311. The van der Waals surface area contributed by atoms with Crippen molar-refractivity contribution in [2.24, 2.45) is 5.73 Å². The molecular weight excluding hydrogens is 114 g/mol. The Morgan fingerprint density at radius 2 is 2.44 bits per heavy atom. The van der Waals surface area contributed by atoms with Gasteiger partial charge in [-0.2, -0.15) is 5.43 Å². The molecule has 0 heterocycles. The fourth-order valence-corrected chi connectivity index (χ4v) is 0.384. The largest absolute Gasteiger partial charge is 0.322 e. The molecule has 3 N–H and O–H groups in total. The molecule has 0 aromatic rings. The van der Waals surface area contributed by atoms with Gasteiger partial charge in [0.1, 0.15) is 0 Å². The Morgan fingerprint density at radius 1 is 1.89 bits per heavy atom. The first-order chi connectivity index (χ1) is 4.22. The molecule has 0 aliphatic rings. The van der Waals surface area contributed by atoms with Gasteiger partial charge in [-0.25, -0.2) is 0 Å². The van der Waals surface area contributed by atoms with Crippen LogP contribution < -0.4 is 11.2 Å². The smallest absolute Gasteiger partial charge is 0.192 e. The Bertz CT molecular complexity index is 126. The lowest BCUT2D eigenvalue weighted by atomic mass is 10.4. The van der Waals surface area contributed by atoms with E-state index in [4.69, 9.17) is 5.73 Å². The molecule has 0 bridgehead atoms. The van der Waals surface area contributed by atoms with Gasteiger partial charge >= 0.3 is 0 Å². The second-order valence-corrected chi connectivity index (χ2v) is 1.83. The van der Waals surface area contributed by atoms with Crippen LogP contribution in [0.5, 0.6) is 0 Å². The average molecular weight is 128 g/mol. The highest BCUT2D eigenvalue weighted by Crippen LogP contribution is 1.67. The maximum Gasteiger partial charge on any atom is 0.192 e. The summed E-state index contributed by atoms with van der Waals surface area (Å²) in [5.41, 5.74) is 9.31. The molecule has 0 aliphatic heterocycles. The predicted octanol–water partition coefficient (Wildman–Crippen LogP) is -0.304. The van der Waals surface area contributed by atoms with Crippen LogP contribution >= 0.6 is 0 Å². The second kappa shape index (κ2) is 4.09. The molecule has 3 heteroatoms. The van der Waals surface area contributed by atoms with Gasteiger partial charge in [0.05, 0.1) is 12.7 Å². The van der Waals surface area contributed by atoms with Crippen LogP contribution in [0.2, 0.25) is 0 Å². The number of rotatable bonds is 3. The first-order valence-corrected chi connectivity index (χ1v) is 2.85. The Labute approximate surface area is 55.8 Å². The van der Waals surface area contributed by atoms with E-state index in [0.717, 1.165) is 5.71 Å². The average Bonchev–Trinajstić information content (AvgIpc) is 1.87. The highest BCUT2D eigenvalue weighted by molar-refractivity contribution is 5.78. The van der Waals surface area contributed by atoms with Crippen molar-refractivity contribution in [3.05, 3.63) is 12.8 Å². The molecule has 0 aliphatic carbocycles. The monoisotopic (exact) mass is 128 g/mol. The Balaban J connectivity index is 3.92. The van der Waals surface area contributed by atoms with Crippen LogP contribution in [0.15, 0.2) is 12.8 Å². The molecule has 0 saturated carbocycles. The molecule has 0 spiro atoms. The summed E-state index contributed by atoms with van der Waals surface area (Å²) in [7, 11) is 1.89. The van der Waals surface area contributed by atoms with Crippen molar-refractivity contribution < 1.29 is 4.68 Å². The van der Waals surface area contributed by atoms with Crippen molar-refractivity contribution in [2.75, 3.05) is 13.6 Å². The van der Waals surface area contributed by atoms with E-state index in [1.165, 1.54) is 0 Å². The molecule has 9 heavy (non-hydrogen) atoms. The van der Waals surface area contributed by atoms with Gasteiger partial charge in [-0.1, -0.05) is 6.58 Å². The summed E-state index contributed by atoms with van der Waals surface area (Å²) in [6.07, 6.45) is 1.61. The summed E-state index contributed by atoms with van der Waals surface area (Å²) in [6.45, 7) is 6.03. The Morgan fingerprint density at radius 3 is 2.78 bits per heavy atom. The normalized spacial score (nSPS) is 12.3. The van der Waals surface area contributed by atoms with Crippen molar-refractivity contribution in [3.63, 3.8) is 0 Å². The maximum absolute atomic E-state index is 5.35. The van der Waals surface area contributed by atoms with E-state index in [9.17, 15) is 0 Å². The number of hydrogen-bond acceptors (Lipinski definition) is 2. The van der Waals surface area contributed by atoms with Gasteiger partial charge in [0.15, 0.2) is 12.8 Å². The minimum atomic E-state index is 0.567. The van der Waals surface area contributed by atoms with Crippen molar-refractivity contribution in [1.82, 2.24) is 5.43 Å². The molecule has 0 fully saturated rings. The lowest BCUT2D eigenvalue weighted by Gasteiger charge is -1.95. The lowest BCUT2D eigenvalue weighted by molar-refractivity contribution is -0.549. The standard InChI is InChI=1S/C6H14N3/c1-4-8-9(3)6(2)5-7/h4,8H,1,5,7H2,2-3H3/q+1/b9-6-. The molecule has 0 aromatic heterocycles. The molecule has 0 aromatic carbocycles. The number of hydrogen-bond donors (Lipinski definition) is 2. The molecule has 0 radical (unpaired) electrons. The first-order valence-electron chi connectivity index (χ1n) is 2.85. The number of nitrogens with one attached hydrogen (secondary N) is 1. The van der Waals surface area contributed by atoms with E-state index in [1.807, 2.05) is 18.7 Å². The van der Waals surface area contributed by atoms with Crippen LogP contribution in [0.1, 0.15) is 6.92 Å². The van der Waals surface area contributed by atoms with Crippen LogP contribution in [0, 0.1) is 0 Å². The van der Waals surface area contributed by atoms with Crippen molar-refractivity contribution in [3.8, 4) is 0 Å². The Kier molecular flexibility index (Phi) is 3.71. The molecule has 0 saturated heterocycles. The van der Waals surface area contributed by atoms with Gasteiger partial charge in [-0.3, -0.25) is 0 Å². The zero-order valence-electron chi connectivity index (χ0n) is 6.02. The third-order valence-electron chi connectivity index (χ3n) is 1.15. The second-order valence-electron chi connectivity index (χ2n) is 1.83. The summed E-state index contributed by atoms with van der Waals surface area (Å²) in [6, 6.07) is 0. The van der Waals surface area contributed by atoms with Gasteiger partial charge in [-0.15, -0.1) is 4.68 Å².